The first kappa shape index (κ1) is 13.9. The van der Waals surface area contributed by atoms with Gasteiger partial charge < -0.3 is 5.73 Å². The highest BCUT2D eigenvalue weighted by atomic mass is 32.2. The van der Waals surface area contributed by atoms with Crippen LogP contribution in [0.1, 0.15) is 5.56 Å². The topological polar surface area (TPSA) is 93.0 Å². The zero-order valence-electron chi connectivity index (χ0n) is 10.7. The highest BCUT2D eigenvalue weighted by molar-refractivity contribution is 7.98. The summed E-state index contributed by atoms with van der Waals surface area (Å²) in [4.78, 5) is 11.0. The van der Waals surface area contributed by atoms with Crippen molar-refractivity contribution in [2.24, 2.45) is 0 Å². The normalized spacial score (nSPS) is 10.0. The van der Waals surface area contributed by atoms with Crippen LogP contribution in [0.3, 0.4) is 0 Å². The second-order valence-corrected chi connectivity index (χ2v) is 4.85. The first-order valence-electron chi connectivity index (χ1n) is 5.70. The van der Waals surface area contributed by atoms with Crippen LogP contribution in [0.2, 0.25) is 0 Å². The molecule has 2 N–H and O–H groups in total. The Balaban J connectivity index is 2.81. The van der Waals surface area contributed by atoms with E-state index in [1.165, 1.54) is 11.8 Å². The molecule has 0 heterocycles. The number of benzene rings is 2. The van der Waals surface area contributed by atoms with Gasteiger partial charge in [0.25, 0.3) is 0 Å². The van der Waals surface area contributed by atoms with Gasteiger partial charge in [0, 0.05) is 5.56 Å². The van der Waals surface area contributed by atoms with Gasteiger partial charge in [-0.05, 0) is 17.9 Å². The summed E-state index contributed by atoms with van der Waals surface area (Å²) in [5.74, 6) is 0. The van der Waals surface area contributed by atoms with Gasteiger partial charge in [-0.25, -0.2) is 0 Å². The van der Waals surface area contributed by atoms with E-state index >= 15 is 0 Å². The number of hydrogen-bond donors (Lipinski definition) is 1. The number of nitriles is 1. The average molecular weight is 285 g/mol. The van der Waals surface area contributed by atoms with Crippen LogP contribution in [0.25, 0.3) is 11.1 Å². The quantitative estimate of drug-likeness (QED) is 0.403. The largest absolute Gasteiger partial charge is 0.392 e. The summed E-state index contributed by atoms with van der Waals surface area (Å²) in [6.45, 7) is 0. The van der Waals surface area contributed by atoms with E-state index in [2.05, 4.69) is 0 Å². The van der Waals surface area contributed by atoms with E-state index in [4.69, 9.17) is 5.73 Å². The number of nitro groups is 1. The van der Waals surface area contributed by atoms with Gasteiger partial charge in [-0.1, -0.05) is 30.3 Å². The Morgan fingerprint density at radius 2 is 2.00 bits per heavy atom. The lowest BCUT2D eigenvalue weighted by Gasteiger charge is -2.10. The van der Waals surface area contributed by atoms with Crippen LogP contribution < -0.4 is 5.73 Å². The van der Waals surface area contributed by atoms with E-state index in [1.54, 1.807) is 12.3 Å². The lowest BCUT2D eigenvalue weighted by atomic mass is 9.98. The van der Waals surface area contributed by atoms with Gasteiger partial charge in [-0.3, -0.25) is 10.1 Å². The van der Waals surface area contributed by atoms with Crippen LogP contribution in [-0.2, 0) is 0 Å². The third-order valence-corrected chi connectivity index (χ3v) is 3.65. The van der Waals surface area contributed by atoms with E-state index in [-0.39, 0.29) is 16.9 Å². The van der Waals surface area contributed by atoms with Gasteiger partial charge in [-0.15, -0.1) is 11.8 Å². The summed E-state index contributed by atoms with van der Waals surface area (Å²) in [7, 11) is 0. The lowest BCUT2D eigenvalue weighted by Crippen LogP contribution is -2.02. The van der Waals surface area contributed by atoms with Crippen molar-refractivity contribution in [1.29, 1.82) is 5.26 Å². The van der Waals surface area contributed by atoms with Gasteiger partial charge >= 0.3 is 5.69 Å². The van der Waals surface area contributed by atoms with Gasteiger partial charge in [-0.2, -0.15) is 5.26 Å². The van der Waals surface area contributed by atoms with Crippen molar-refractivity contribution in [2.45, 2.75) is 4.90 Å². The molecular weight excluding hydrogens is 274 g/mol. The van der Waals surface area contributed by atoms with Crippen LogP contribution in [0.15, 0.2) is 41.3 Å². The van der Waals surface area contributed by atoms with Crippen LogP contribution in [0.5, 0.6) is 0 Å². The summed E-state index contributed by atoms with van der Waals surface area (Å²) >= 11 is 1.23. The number of hydrogen-bond acceptors (Lipinski definition) is 5. The van der Waals surface area contributed by atoms with E-state index in [1.807, 2.05) is 36.4 Å². The van der Waals surface area contributed by atoms with Crippen LogP contribution in [-0.4, -0.2) is 11.2 Å². The smallest absolute Gasteiger partial charge is 0.306 e. The summed E-state index contributed by atoms with van der Waals surface area (Å²) in [6, 6.07) is 12.8. The molecule has 0 aliphatic carbocycles. The SMILES string of the molecule is CSc1cc(-c2ccccc2)c(C#N)c(N)c1[N+](=O)[O-]. The van der Waals surface area contributed by atoms with E-state index in [9.17, 15) is 15.4 Å². The predicted molar refractivity (Wildman–Crippen MR) is 79.4 cm³/mol. The molecule has 5 nitrogen and oxygen atoms in total. The van der Waals surface area contributed by atoms with Crippen molar-refractivity contribution in [3.8, 4) is 17.2 Å². The van der Waals surface area contributed by atoms with E-state index < -0.39 is 4.92 Å². The van der Waals surface area contributed by atoms with Crippen molar-refractivity contribution in [1.82, 2.24) is 0 Å². The molecule has 0 bridgehead atoms. The van der Waals surface area contributed by atoms with Crippen molar-refractivity contribution >= 4 is 23.1 Å². The third kappa shape index (κ3) is 2.31. The highest BCUT2D eigenvalue weighted by Crippen LogP contribution is 2.40. The fourth-order valence-corrected chi connectivity index (χ4v) is 2.59. The lowest BCUT2D eigenvalue weighted by molar-refractivity contribution is -0.386. The maximum atomic E-state index is 11.1. The second kappa shape index (κ2) is 5.63. The summed E-state index contributed by atoms with van der Waals surface area (Å²) in [6.07, 6.45) is 1.74. The number of anilines is 1. The second-order valence-electron chi connectivity index (χ2n) is 4.00. The Hall–Kier alpha value is -2.52. The maximum absolute atomic E-state index is 11.1. The fourth-order valence-electron chi connectivity index (χ4n) is 1.98. The Morgan fingerprint density at radius 3 is 2.50 bits per heavy atom. The van der Waals surface area contributed by atoms with Gasteiger partial charge in [0.15, 0.2) is 0 Å². The molecule has 0 spiro atoms. The zero-order valence-corrected chi connectivity index (χ0v) is 11.5. The summed E-state index contributed by atoms with van der Waals surface area (Å²) < 4.78 is 0. The Bertz CT molecular complexity index is 709. The minimum Gasteiger partial charge on any atom is -0.392 e. The molecule has 0 saturated carbocycles. The Labute approximate surface area is 120 Å². The van der Waals surface area contributed by atoms with Crippen molar-refractivity contribution in [2.75, 3.05) is 12.0 Å². The standard InChI is InChI=1S/C14H11N3O2S/c1-20-12-7-10(9-5-3-2-4-6-9)11(8-15)13(16)14(12)17(18)19/h2-7H,16H2,1H3. The van der Waals surface area contributed by atoms with Crippen LogP contribution >= 0.6 is 11.8 Å². The first-order valence-corrected chi connectivity index (χ1v) is 6.93. The molecular formula is C14H11N3O2S. The number of thioether (sulfide) groups is 1. The summed E-state index contributed by atoms with van der Waals surface area (Å²) in [5, 5.41) is 20.4. The van der Waals surface area contributed by atoms with Gasteiger partial charge in [0.05, 0.1) is 15.4 Å². The van der Waals surface area contributed by atoms with Crippen LogP contribution in [0, 0.1) is 21.4 Å². The van der Waals surface area contributed by atoms with Crippen molar-refractivity contribution in [3.63, 3.8) is 0 Å². The molecule has 0 aromatic heterocycles. The van der Waals surface area contributed by atoms with Crippen molar-refractivity contribution in [3.05, 3.63) is 52.1 Å². The first-order chi connectivity index (χ1) is 9.60. The molecule has 2 aromatic carbocycles. The summed E-state index contributed by atoms with van der Waals surface area (Å²) in [5.41, 5.74) is 7.11. The number of nitro benzene ring substituents is 1. The molecule has 6 heteroatoms. The van der Waals surface area contributed by atoms with Gasteiger partial charge in [0.2, 0.25) is 0 Å². The minimum absolute atomic E-state index is 0.0804. The monoisotopic (exact) mass is 285 g/mol. The van der Waals surface area contributed by atoms with E-state index in [0.29, 0.717) is 10.5 Å². The molecule has 0 radical (unpaired) electrons. The molecule has 0 saturated heterocycles. The number of nitrogens with two attached hydrogens (primary N) is 1. The number of nitrogens with zero attached hydrogens (tertiary/aromatic N) is 2. The maximum Gasteiger partial charge on any atom is 0.306 e. The third-order valence-electron chi connectivity index (χ3n) is 2.90. The molecule has 2 aromatic rings. The number of rotatable bonds is 3. The molecule has 20 heavy (non-hydrogen) atoms. The molecule has 0 aliphatic rings. The molecule has 0 atom stereocenters. The van der Waals surface area contributed by atoms with Crippen molar-refractivity contribution < 1.29 is 4.92 Å². The highest BCUT2D eigenvalue weighted by Gasteiger charge is 2.24. The van der Waals surface area contributed by atoms with Gasteiger partial charge in [0.1, 0.15) is 11.8 Å². The molecule has 100 valence electrons. The van der Waals surface area contributed by atoms with Crippen LogP contribution in [0.4, 0.5) is 11.4 Å². The Kier molecular flexibility index (Phi) is 3.91. The molecule has 2 rings (SSSR count). The predicted octanol–water partition coefficient (Wildman–Crippen LogP) is 3.44. The molecule has 0 unspecified atom stereocenters. The minimum atomic E-state index is -0.545. The fraction of sp³-hybridized carbons (Fsp3) is 0.0714. The zero-order chi connectivity index (χ0) is 14.7. The number of nitrogen functional groups attached to an aromatic ring is 1. The molecule has 0 aliphatic heterocycles. The Morgan fingerprint density at radius 1 is 1.35 bits per heavy atom. The molecule has 0 amide bonds. The molecule has 0 fully saturated rings. The van der Waals surface area contributed by atoms with E-state index in [0.717, 1.165) is 5.56 Å². The average Bonchev–Trinajstić information content (AvgIpc) is 2.46.